The Morgan fingerprint density at radius 1 is 1.36 bits per heavy atom. The first-order chi connectivity index (χ1) is 10.5. The van der Waals surface area contributed by atoms with Crippen molar-refractivity contribution in [3.8, 4) is 0 Å². The number of rotatable bonds is 1. The van der Waals surface area contributed by atoms with E-state index in [1.54, 1.807) is 0 Å². The highest BCUT2D eigenvalue weighted by Crippen LogP contribution is 2.31. The Morgan fingerprint density at radius 3 is 2.77 bits per heavy atom. The molecule has 0 radical (unpaired) electrons. The number of morpholine rings is 1. The Morgan fingerprint density at radius 2 is 2.09 bits per heavy atom. The molecule has 4 nitrogen and oxygen atoms in total. The molecule has 22 heavy (non-hydrogen) atoms. The predicted molar refractivity (Wildman–Crippen MR) is 93.7 cm³/mol. The summed E-state index contributed by atoms with van der Waals surface area (Å²) < 4.78 is 6.72. The largest absolute Gasteiger partial charge is 0.372 e. The number of hydrogen-bond acceptors (Lipinski definition) is 4. The summed E-state index contributed by atoms with van der Waals surface area (Å²) in [5.41, 5.74) is 0.991. The highest BCUT2D eigenvalue weighted by molar-refractivity contribution is 9.10. The number of ether oxygens (including phenoxy) is 1. The lowest BCUT2D eigenvalue weighted by molar-refractivity contribution is -0.113. The monoisotopic (exact) mass is 380 g/mol. The van der Waals surface area contributed by atoms with Crippen LogP contribution in [-0.2, 0) is 9.53 Å². The average Bonchev–Trinajstić information content (AvgIpc) is 2.79. The summed E-state index contributed by atoms with van der Waals surface area (Å²) in [6.07, 6.45) is 2.20. The van der Waals surface area contributed by atoms with Crippen LogP contribution in [0, 0.1) is 0 Å². The zero-order chi connectivity index (χ0) is 15.7. The third kappa shape index (κ3) is 3.62. The van der Waals surface area contributed by atoms with Crippen LogP contribution in [0.3, 0.4) is 0 Å². The molecule has 0 unspecified atom stereocenters. The summed E-state index contributed by atoms with van der Waals surface area (Å²) in [5.74, 6) is -0.160. The quantitative estimate of drug-likeness (QED) is 0.698. The van der Waals surface area contributed by atoms with E-state index in [0.717, 1.165) is 28.3 Å². The third-order valence-corrected chi connectivity index (χ3v) is 4.98. The van der Waals surface area contributed by atoms with Crippen LogP contribution in [0.5, 0.6) is 0 Å². The van der Waals surface area contributed by atoms with E-state index in [9.17, 15) is 4.79 Å². The maximum absolute atomic E-state index is 12.1. The molecule has 2 atom stereocenters. The Balaban J connectivity index is 1.76. The van der Waals surface area contributed by atoms with Gasteiger partial charge in [0.1, 0.15) is 0 Å². The molecule has 0 aromatic heterocycles. The molecule has 116 valence electrons. The van der Waals surface area contributed by atoms with Crippen LogP contribution in [0.25, 0.3) is 6.08 Å². The fourth-order valence-electron chi connectivity index (χ4n) is 2.62. The second-order valence-electron chi connectivity index (χ2n) is 5.53. The van der Waals surface area contributed by atoms with E-state index in [1.165, 1.54) is 11.8 Å². The number of carbonyl (C=O) groups excluding carboxylic acids is 1. The molecular weight excluding hydrogens is 364 g/mol. The number of nitrogens with zero attached hydrogens (tertiary/aromatic N) is 2. The van der Waals surface area contributed by atoms with Crippen LogP contribution in [0.15, 0.2) is 38.6 Å². The van der Waals surface area contributed by atoms with E-state index in [4.69, 9.17) is 4.74 Å². The van der Waals surface area contributed by atoms with Crippen molar-refractivity contribution in [2.45, 2.75) is 26.1 Å². The zero-order valence-corrected chi connectivity index (χ0v) is 14.9. The van der Waals surface area contributed by atoms with E-state index in [-0.39, 0.29) is 18.1 Å². The van der Waals surface area contributed by atoms with E-state index in [1.807, 2.05) is 44.2 Å². The summed E-state index contributed by atoms with van der Waals surface area (Å²) in [6, 6.07) is 7.87. The van der Waals surface area contributed by atoms with Gasteiger partial charge in [-0.1, -0.05) is 28.1 Å². The molecule has 2 aliphatic rings. The lowest BCUT2D eigenvalue weighted by Gasteiger charge is -2.35. The average molecular weight is 381 g/mol. The minimum absolute atomic E-state index is 0.153. The van der Waals surface area contributed by atoms with Crippen LogP contribution < -0.4 is 0 Å². The van der Waals surface area contributed by atoms with E-state index in [0.29, 0.717) is 4.91 Å². The van der Waals surface area contributed by atoms with Crippen molar-refractivity contribution in [2.24, 2.45) is 4.99 Å². The van der Waals surface area contributed by atoms with Gasteiger partial charge in [0.25, 0.3) is 5.91 Å². The molecule has 0 N–H and O–H groups in total. The van der Waals surface area contributed by atoms with Crippen molar-refractivity contribution in [2.75, 3.05) is 13.1 Å². The molecule has 0 bridgehead atoms. The lowest BCUT2D eigenvalue weighted by Crippen LogP contribution is -2.47. The van der Waals surface area contributed by atoms with Gasteiger partial charge in [0.15, 0.2) is 5.17 Å². The van der Waals surface area contributed by atoms with E-state index >= 15 is 0 Å². The van der Waals surface area contributed by atoms with E-state index < -0.39 is 0 Å². The SMILES string of the molecule is C[C@@H]1CN(C2=NC(=O)/C(=C\c3cccc(Br)c3)S2)C[C@H](C)O1. The van der Waals surface area contributed by atoms with Crippen LogP contribution in [-0.4, -0.2) is 41.3 Å². The van der Waals surface area contributed by atoms with Crippen LogP contribution in [0.2, 0.25) is 0 Å². The van der Waals surface area contributed by atoms with Gasteiger partial charge in [0.2, 0.25) is 0 Å². The molecule has 1 aromatic carbocycles. The molecule has 1 amide bonds. The van der Waals surface area contributed by atoms with Gasteiger partial charge in [-0.15, -0.1) is 0 Å². The second kappa shape index (κ2) is 6.56. The Labute approximate surface area is 142 Å². The van der Waals surface area contributed by atoms with Gasteiger partial charge in [-0.3, -0.25) is 4.79 Å². The second-order valence-corrected chi connectivity index (χ2v) is 7.45. The molecule has 3 rings (SSSR count). The molecule has 1 aromatic rings. The third-order valence-electron chi connectivity index (χ3n) is 3.45. The van der Waals surface area contributed by atoms with Gasteiger partial charge in [-0.25, -0.2) is 0 Å². The number of amidine groups is 1. The fraction of sp³-hybridized carbons (Fsp3) is 0.375. The van der Waals surface area contributed by atoms with Gasteiger partial charge >= 0.3 is 0 Å². The van der Waals surface area contributed by atoms with Crippen molar-refractivity contribution in [1.82, 2.24) is 4.90 Å². The maximum Gasteiger partial charge on any atom is 0.286 e. The van der Waals surface area contributed by atoms with Crippen LogP contribution in [0.1, 0.15) is 19.4 Å². The summed E-state index contributed by atoms with van der Waals surface area (Å²) in [4.78, 5) is 19.2. The standard InChI is InChI=1S/C16H17BrN2O2S/c1-10-8-19(9-11(2)21-10)16-18-15(20)14(22-16)7-12-4-3-5-13(17)6-12/h3-7,10-11H,8-9H2,1-2H3/b14-7+/t10-,11+. The highest BCUT2D eigenvalue weighted by Gasteiger charge is 2.30. The molecule has 2 aliphatic heterocycles. The molecule has 6 heteroatoms. The topological polar surface area (TPSA) is 41.9 Å². The van der Waals surface area contributed by atoms with Gasteiger partial charge < -0.3 is 9.64 Å². The van der Waals surface area contributed by atoms with Crippen molar-refractivity contribution in [3.05, 3.63) is 39.2 Å². The van der Waals surface area contributed by atoms with Gasteiger partial charge in [0.05, 0.1) is 17.1 Å². The first-order valence-electron chi connectivity index (χ1n) is 7.20. The smallest absolute Gasteiger partial charge is 0.286 e. The molecule has 1 saturated heterocycles. The predicted octanol–water partition coefficient (Wildman–Crippen LogP) is 3.53. The number of aliphatic imine (C=N–C) groups is 1. The van der Waals surface area contributed by atoms with Gasteiger partial charge in [-0.05, 0) is 49.4 Å². The van der Waals surface area contributed by atoms with Crippen molar-refractivity contribution in [1.29, 1.82) is 0 Å². The summed E-state index contributed by atoms with van der Waals surface area (Å²) in [6.45, 7) is 5.63. The van der Waals surface area contributed by atoms with E-state index in [2.05, 4.69) is 25.8 Å². The van der Waals surface area contributed by atoms with Gasteiger partial charge in [-0.2, -0.15) is 4.99 Å². The summed E-state index contributed by atoms with van der Waals surface area (Å²) in [5, 5.41) is 0.785. The minimum Gasteiger partial charge on any atom is -0.372 e. The van der Waals surface area contributed by atoms with Crippen LogP contribution >= 0.6 is 27.7 Å². The number of hydrogen-bond donors (Lipinski definition) is 0. The van der Waals surface area contributed by atoms with Crippen molar-refractivity contribution >= 4 is 44.8 Å². The molecule has 0 saturated carbocycles. The van der Waals surface area contributed by atoms with Crippen LogP contribution in [0.4, 0.5) is 0 Å². The van der Waals surface area contributed by atoms with Crippen molar-refractivity contribution in [3.63, 3.8) is 0 Å². The number of benzene rings is 1. The molecule has 1 fully saturated rings. The first kappa shape index (κ1) is 15.8. The number of amides is 1. The molecule has 0 aliphatic carbocycles. The highest BCUT2D eigenvalue weighted by atomic mass is 79.9. The fourth-order valence-corrected chi connectivity index (χ4v) is 3.96. The summed E-state index contributed by atoms with van der Waals surface area (Å²) >= 11 is 4.89. The number of halogens is 1. The van der Waals surface area contributed by atoms with Gasteiger partial charge in [0, 0.05) is 17.6 Å². The number of carbonyl (C=O) groups is 1. The van der Waals surface area contributed by atoms with Crippen molar-refractivity contribution < 1.29 is 9.53 Å². The Bertz CT molecular complexity index is 649. The molecule has 0 spiro atoms. The maximum atomic E-state index is 12.1. The first-order valence-corrected chi connectivity index (χ1v) is 8.81. The zero-order valence-electron chi connectivity index (χ0n) is 12.5. The molecule has 2 heterocycles. The number of thioether (sulfide) groups is 1. The summed E-state index contributed by atoms with van der Waals surface area (Å²) in [7, 11) is 0. The minimum atomic E-state index is -0.160. The normalized spacial score (nSPS) is 27.4. The lowest BCUT2D eigenvalue weighted by atomic mass is 10.2. The Kier molecular flexibility index (Phi) is 4.70. The Hall–Kier alpha value is -1.11. The molecular formula is C16H17BrN2O2S.